The average molecular weight is 615 g/mol. The molecule has 12 nitrogen and oxygen atoms in total. The van der Waals surface area contributed by atoms with Crippen molar-refractivity contribution in [1.29, 1.82) is 5.41 Å². The molecule has 3 aliphatic rings. The molecule has 0 aromatic heterocycles. The van der Waals surface area contributed by atoms with Gasteiger partial charge < -0.3 is 49.3 Å². The number of ether oxygens (including phenoxy) is 5. The smallest absolute Gasteiger partial charge is 0.311 e. The summed E-state index contributed by atoms with van der Waals surface area (Å²) in [6.07, 6.45) is -5.25. The molecule has 43 heavy (non-hydrogen) atoms. The van der Waals surface area contributed by atoms with Gasteiger partial charge in [-0.3, -0.25) is 9.59 Å². The fourth-order valence-corrected chi connectivity index (χ4v) is 6.71. The number of carbonyl (C=O) groups excluding carboxylic acids is 2. The molecule has 3 fully saturated rings. The zero-order valence-electron chi connectivity index (χ0n) is 27.2. The molecule has 0 radical (unpaired) electrons. The number of carbonyl (C=O) groups is 2. The molecule has 13 atom stereocenters. The van der Waals surface area contributed by atoms with Crippen molar-refractivity contribution in [3.05, 3.63) is 0 Å². The van der Waals surface area contributed by atoms with E-state index in [1.54, 1.807) is 27.7 Å². The number of aliphatic hydroxyl groups is 3. The molecular weight excluding hydrogens is 560 g/mol. The van der Waals surface area contributed by atoms with E-state index in [1.165, 1.54) is 6.92 Å². The van der Waals surface area contributed by atoms with Crippen molar-refractivity contribution >= 4 is 17.5 Å². The number of hydrogen-bond acceptors (Lipinski definition) is 12. The third kappa shape index (κ3) is 8.02. The van der Waals surface area contributed by atoms with Gasteiger partial charge in [0, 0.05) is 24.1 Å². The largest absolute Gasteiger partial charge is 0.459 e. The Bertz CT molecular complexity index is 992. The van der Waals surface area contributed by atoms with Gasteiger partial charge in [-0.2, -0.15) is 0 Å². The van der Waals surface area contributed by atoms with Gasteiger partial charge in [0.25, 0.3) is 0 Å². The standard InChI is InChI=1S/C31H54N2O10/c1-10-23-31(7,38)27(36)19(5)25(32)16(2)13-30(6)24(43-29-26(35)21(33(8)9)11-17(3)41-29)12-22(18(4)28(37)42-23)39-14-20(34)15-40-30/h16-19,21-24,26-27,29,32,35-36,38H,10-15H2,1-9H3/t16-,17-,18-,19+,21+,22-,23-,24-,26-,27+,29?,30+,31-/m1/s1. The minimum atomic E-state index is -1.83. The summed E-state index contributed by atoms with van der Waals surface area (Å²) in [4.78, 5) is 28.3. The lowest BCUT2D eigenvalue weighted by Gasteiger charge is -2.46. The first-order valence-electron chi connectivity index (χ1n) is 15.5. The van der Waals surface area contributed by atoms with Crippen molar-refractivity contribution in [2.24, 2.45) is 17.8 Å². The first-order chi connectivity index (χ1) is 19.9. The van der Waals surface area contributed by atoms with Gasteiger partial charge >= 0.3 is 5.97 Å². The van der Waals surface area contributed by atoms with Gasteiger partial charge in [0.1, 0.15) is 31.0 Å². The summed E-state index contributed by atoms with van der Waals surface area (Å²) in [6, 6.07) is -0.231. The number of ketones is 1. The molecule has 0 aromatic carbocycles. The Morgan fingerprint density at radius 1 is 1.05 bits per heavy atom. The molecule has 3 saturated heterocycles. The Kier molecular flexibility index (Phi) is 11.9. The second kappa shape index (κ2) is 14.3. The lowest BCUT2D eigenvalue weighted by atomic mass is 9.75. The molecule has 3 rings (SSSR count). The van der Waals surface area contributed by atoms with Crippen LogP contribution in [0.2, 0.25) is 0 Å². The number of nitrogens with one attached hydrogen (secondary N) is 1. The Hall–Kier alpha value is -1.51. The van der Waals surface area contributed by atoms with Crippen LogP contribution in [-0.4, -0.2) is 125 Å². The fraction of sp³-hybridized carbons (Fsp3) is 0.903. The molecule has 0 saturated carbocycles. The lowest BCUT2D eigenvalue weighted by Crippen LogP contribution is -2.58. The molecule has 0 aliphatic carbocycles. The van der Waals surface area contributed by atoms with E-state index in [2.05, 4.69) is 0 Å². The molecule has 4 N–H and O–H groups in total. The predicted octanol–water partition coefficient (Wildman–Crippen LogP) is 1.70. The number of aliphatic hydroxyl groups excluding tert-OH is 2. The number of fused-ring (bicyclic) bond motifs is 3. The summed E-state index contributed by atoms with van der Waals surface area (Å²) in [5.41, 5.74) is -2.87. The first-order valence-corrected chi connectivity index (χ1v) is 15.5. The van der Waals surface area contributed by atoms with E-state index >= 15 is 0 Å². The number of nitrogens with zero attached hydrogens (tertiary/aromatic N) is 1. The van der Waals surface area contributed by atoms with E-state index in [0.29, 0.717) is 6.42 Å². The number of Topliss-reactive ketones (excluding diaryl/α,β-unsaturated/α-hetero) is 1. The SMILES string of the molecule is CC[C@H]1OC(=O)[C@H](C)[C@H]2C[C@@H](OC3O[C@H](C)C[C@H](N(C)C)[C@H]3O)[C@](C)(C[C@@H](C)C(=N)[C@H](C)[C@H](O)[C@]1(C)O)OCC(=O)CO2. The van der Waals surface area contributed by atoms with Crippen LogP contribution in [0.4, 0.5) is 0 Å². The topological polar surface area (TPSA) is 168 Å². The van der Waals surface area contributed by atoms with Gasteiger partial charge in [-0.15, -0.1) is 0 Å². The molecule has 1 unspecified atom stereocenters. The van der Waals surface area contributed by atoms with Gasteiger partial charge in [-0.25, -0.2) is 0 Å². The van der Waals surface area contributed by atoms with Crippen molar-refractivity contribution in [3.63, 3.8) is 0 Å². The maximum atomic E-state index is 13.5. The van der Waals surface area contributed by atoms with Gasteiger partial charge in [-0.05, 0) is 67.0 Å². The quantitative estimate of drug-likeness (QED) is 0.340. The van der Waals surface area contributed by atoms with Crippen LogP contribution in [0.25, 0.3) is 0 Å². The summed E-state index contributed by atoms with van der Waals surface area (Å²) < 4.78 is 30.8. The summed E-state index contributed by atoms with van der Waals surface area (Å²) in [6.45, 7) is 11.4. The van der Waals surface area contributed by atoms with E-state index in [0.717, 1.165) is 0 Å². The molecule has 12 heteroatoms. The third-order valence-corrected chi connectivity index (χ3v) is 9.74. The van der Waals surface area contributed by atoms with Crippen LogP contribution in [0.1, 0.15) is 74.1 Å². The van der Waals surface area contributed by atoms with Gasteiger partial charge in [0.2, 0.25) is 0 Å². The second-order valence-corrected chi connectivity index (χ2v) is 13.6. The number of cyclic esters (lactones) is 1. The molecule has 3 heterocycles. The monoisotopic (exact) mass is 614 g/mol. The Morgan fingerprint density at radius 2 is 1.70 bits per heavy atom. The lowest BCUT2D eigenvalue weighted by molar-refractivity contribution is -0.294. The highest BCUT2D eigenvalue weighted by Gasteiger charge is 2.50. The normalized spacial score (nSPS) is 46.1. The highest BCUT2D eigenvalue weighted by atomic mass is 16.7. The maximum absolute atomic E-state index is 13.5. The van der Waals surface area contributed by atoms with Crippen LogP contribution in [-0.2, 0) is 33.3 Å². The van der Waals surface area contributed by atoms with E-state index < -0.39 is 71.7 Å². The molecule has 0 amide bonds. The van der Waals surface area contributed by atoms with Crippen molar-refractivity contribution in [2.45, 2.75) is 134 Å². The van der Waals surface area contributed by atoms with Gasteiger partial charge in [0.15, 0.2) is 12.1 Å². The van der Waals surface area contributed by atoms with Crippen molar-refractivity contribution in [3.8, 4) is 0 Å². The molecule has 248 valence electrons. The Balaban J connectivity index is 2.11. The van der Waals surface area contributed by atoms with E-state index in [9.17, 15) is 24.9 Å². The summed E-state index contributed by atoms with van der Waals surface area (Å²) in [7, 11) is 3.76. The van der Waals surface area contributed by atoms with Crippen molar-refractivity contribution in [2.75, 3.05) is 27.3 Å². The van der Waals surface area contributed by atoms with Crippen LogP contribution in [0, 0.1) is 23.2 Å². The minimum Gasteiger partial charge on any atom is -0.459 e. The average Bonchev–Trinajstić information content (AvgIpc) is 3.00. The molecule has 0 spiro atoms. The van der Waals surface area contributed by atoms with E-state index in [1.807, 2.05) is 32.8 Å². The summed E-state index contributed by atoms with van der Waals surface area (Å²) >= 11 is 0. The first kappa shape index (κ1) is 36.0. The zero-order valence-corrected chi connectivity index (χ0v) is 27.2. The Labute approximate surface area is 255 Å². The second-order valence-electron chi connectivity index (χ2n) is 13.6. The fourth-order valence-electron chi connectivity index (χ4n) is 6.71. The summed E-state index contributed by atoms with van der Waals surface area (Å²) in [5, 5.41) is 42.9. The van der Waals surface area contributed by atoms with Crippen molar-refractivity contribution < 1.29 is 48.6 Å². The Morgan fingerprint density at radius 3 is 2.30 bits per heavy atom. The predicted molar refractivity (Wildman–Crippen MR) is 158 cm³/mol. The van der Waals surface area contributed by atoms with Gasteiger partial charge in [-0.1, -0.05) is 20.8 Å². The van der Waals surface area contributed by atoms with E-state index in [4.69, 9.17) is 29.1 Å². The molecular formula is C31H54N2O10. The summed E-state index contributed by atoms with van der Waals surface area (Å²) in [5.74, 6) is -3.13. The van der Waals surface area contributed by atoms with Crippen molar-refractivity contribution in [1.82, 2.24) is 4.90 Å². The molecule has 3 aliphatic heterocycles. The van der Waals surface area contributed by atoms with Crippen LogP contribution in [0.15, 0.2) is 0 Å². The molecule has 0 aromatic rings. The van der Waals surface area contributed by atoms with Crippen LogP contribution in [0.3, 0.4) is 0 Å². The maximum Gasteiger partial charge on any atom is 0.311 e. The number of hydrogen-bond donors (Lipinski definition) is 4. The van der Waals surface area contributed by atoms with Gasteiger partial charge in [0.05, 0.1) is 35.9 Å². The van der Waals surface area contributed by atoms with Crippen LogP contribution in [0.5, 0.6) is 0 Å². The number of rotatable bonds is 4. The van der Waals surface area contributed by atoms with E-state index in [-0.39, 0.29) is 56.1 Å². The minimum absolute atomic E-state index is 0.0963. The van der Waals surface area contributed by atoms with Crippen LogP contribution >= 0.6 is 0 Å². The third-order valence-electron chi connectivity index (χ3n) is 9.74. The molecule has 2 bridgehead atoms. The zero-order chi connectivity index (χ0) is 32.4. The number of likely N-dealkylation sites (N-methyl/N-ethyl adjacent to an activating group) is 1. The van der Waals surface area contributed by atoms with Crippen LogP contribution < -0.4 is 0 Å². The highest BCUT2D eigenvalue weighted by molar-refractivity contribution is 5.86. The number of esters is 1. The highest BCUT2D eigenvalue weighted by Crippen LogP contribution is 2.38.